The number of hydrogen-bond donors (Lipinski definition) is 1. The van der Waals surface area contributed by atoms with Crippen molar-refractivity contribution in [2.24, 2.45) is 0 Å². The first-order chi connectivity index (χ1) is 12.9. The SMILES string of the molecule is O=C1COCC2=C1C(c1ccc(F)c(I)c1)C1=C(COCC1=O)N2C(=O)O. The van der Waals surface area contributed by atoms with Crippen LogP contribution in [0.25, 0.3) is 0 Å². The van der Waals surface area contributed by atoms with Gasteiger partial charge in [-0.3, -0.25) is 9.59 Å². The molecule has 0 aliphatic carbocycles. The van der Waals surface area contributed by atoms with Crippen molar-refractivity contribution in [1.29, 1.82) is 0 Å². The van der Waals surface area contributed by atoms with E-state index >= 15 is 0 Å². The van der Waals surface area contributed by atoms with Crippen molar-refractivity contribution in [3.05, 3.63) is 55.7 Å². The van der Waals surface area contributed by atoms with E-state index in [1.54, 1.807) is 6.07 Å². The molecule has 1 aromatic carbocycles. The molecular weight excluding hydrogens is 472 g/mol. The zero-order valence-corrected chi connectivity index (χ0v) is 16.0. The Kier molecular flexibility index (Phi) is 4.60. The smallest absolute Gasteiger partial charge is 0.416 e. The lowest BCUT2D eigenvalue weighted by Gasteiger charge is -2.41. The highest BCUT2D eigenvalue weighted by Crippen LogP contribution is 2.45. The van der Waals surface area contributed by atoms with Gasteiger partial charge in [0.1, 0.15) is 19.0 Å². The fourth-order valence-corrected chi connectivity index (χ4v) is 4.24. The summed E-state index contributed by atoms with van der Waals surface area (Å²) in [7, 11) is 0. The number of hydrogen-bond acceptors (Lipinski definition) is 5. The minimum atomic E-state index is -1.32. The third-order valence-electron chi connectivity index (χ3n) is 4.75. The summed E-state index contributed by atoms with van der Waals surface area (Å²) in [5.74, 6) is -1.97. The summed E-state index contributed by atoms with van der Waals surface area (Å²) in [4.78, 5) is 38.2. The quantitative estimate of drug-likeness (QED) is 0.614. The Morgan fingerprint density at radius 2 is 1.63 bits per heavy atom. The van der Waals surface area contributed by atoms with Gasteiger partial charge in [-0.05, 0) is 40.3 Å². The predicted octanol–water partition coefficient (Wildman–Crippen LogP) is 2.21. The van der Waals surface area contributed by atoms with Crippen LogP contribution in [0.15, 0.2) is 40.7 Å². The first-order valence-corrected chi connectivity index (χ1v) is 9.14. The van der Waals surface area contributed by atoms with Crippen LogP contribution in [0.1, 0.15) is 11.5 Å². The van der Waals surface area contributed by atoms with Gasteiger partial charge in [-0.25, -0.2) is 14.1 Å². The Labute approximate surface area is 166 Å². The lowest BCUT2D eigenvalue weighted by atomic mass is 9.75. The highest BCUT2D eigenvalue weighted by atomic mass is 127. The van der Waals surface area contributed by atoms with E-state index in [9.17, 15) is 23.9 Å². The maximum atomic E-state index is 13.8. The van der Waals surface area contributed by atoms with Crippen molar-refractivity contribution in [2.75, 3.05) is 26.4 Å². The number of halogens is 2. The molecule has 1 aromatic rings. The van der Waals surface area contributed by atoms with Crippen LogP contribution in [0.4, 0.5) is 9.18 Å². The first-order valence-electron chi connectivity index (χ1n) is 8.06. The molecule has 1 amide bonds. The van der Waals surface area contributed by atoms with E-state index in [1.165, 1.54) is 12.1 Å². The standard InChI is InChI=1S/C18H13FINO6/c19-9-2-1-8(3-10(9)20)15-16-11(4-26-6-13(16)22)21(18(24)25)12-5-27-7-14(23)17(12)15/h1-3,15H,4-7H2,(H,24,25). The number of carbonyl (C=O) groups is 3. The molecule has 0 bridgehead atoms. The third-order valence-corrected chi connectivity index (χ3v) is 5.58. The number of rotatable bonds is 1. The summed E-state index contributed by atoms with van der Waals surface area (Å²) < 4.78 is 24.6. The van der Waals surface area contributed by atoms with E-state index in [0.717, 1.165) is 4.90 Å². The molecule has 0 spiro atoms. The molecule has 4 rings (SSSR count). The Morgan fingerprint density at radius 3 is 2.11 bits per heavy atom. The summed E-state index contributed by atoms with van der Waals surface area (Å²) in [6, 6.07) is 4.35. The van der Waals surface area contributed by atoms with E-state index in [-0.39, 0.29) is 49.0 Å². The van der Waals surface area contributed by atoms with E-state index in [2.05, 4.69) is 0 Å². The highest BCUT2D eigenvalue weighted by Gasteiger charge is 2.46. The van der Waals surface area contributed by atoms with Crippen molar-refractivity contribution in [2.45, 2.75) is 5.92 Å². The molecule has 27 heavy (non-hydrogen) atoms. The maximum absolute atomic E-state index is 13.8. The molecule has 0 fully saturated rings. The van der Waals surface area contributed by atoms with Crippen molar-refractivity contribution in [1.82, 2.24) is 4.90 Å². The molecule has 0 atom stereocenters. The number of nitrogens with zero attached hydrogens (tertiary/aromatic N) is 1. The monoisotopic (exact) mass is 485 g/mol. The number of ether oxygens (including phenoxy) is 2. The van der Waals surface area contributed by atoms with Gasteiger partial charge in [-0.15, -0.1) is 0 Å². The Hall–Kier alpha value is -2.11. The average molecular weight is 485 g/mol. The highest BCUT2D eigenvalue weighted by molar-refractivity contribution is 14.1. The van der Waals surface area contributed by atoms with Gasteiger partial charge in [-0.1, -0.05) is 6.07 Å². The Morgan fingerprint density at radius 1 is 1.07 bits per heavy atom. The second-order valence-corrected chi connectivity index (χ2v) is 7.44. The van der Waals surface area contributed by atoms with Crippen LogP contribution in [-0.2, 0) is 19.1 Å². The molecule has 3 heterocycles. The van der Waals surface area contributed by atoms with Gasteiger partial charge in [0.15, 0.2) is 11.6 Å². The van der Waals surface area contributed by atoms with Crippen LogP contribution in [0.2, 0.25) is 0 Å². The van der Waals surface area contributed by atoms with Crippen LogP contribution in [0, 0.1) is 9.39 Å². The fourth-order valence-electron chi connectivity index (χ4n) is 3.70. The lowest BCUT2D eigenvalue weighted by Crippen LogP contribution is -2.46. The molecular formula is C18H13FINO6. The van der Waals surface area contributed by atoms with Crippen LogP contribution >= 0.6 is 22.6 Å². The minimum Gasteiger partial charge on any atom is -0.464 e. The van der Waals surface area contributed by atoms with Crippen LogP contribution < -0.4 is 0 Å². The summed E-state index contributed by atoms with van der Waals surface area (Å²) in [6.07, 6.45) is -1.32. The molecule has 140 valence electrons. The molecule has 9 heteroatoms. The number of benzene rings is 1. The second kappa shape index (κ2) is 6.80. The molecule has 0 aromatic heterocycles. The van der Waals surface area contributed by atoms with Crippen LogP contribution in [0.5, 0.6) is 0 Å². The molecule has 3 aliphatic rings. The zero-order valence-electron chi connectivity index (χ0n) is 13.8. The van der Waals surface area contributed by atoms with Crippen molar-refractivity contribution < 1.29 is 33.4 Å². The zero-order chi connectivity index (χ0) is 19.3. The average Bonchev–Trinajstić information content (AvgIpc) is 2.62. The fraction of sp³-hybridized carbons (Fsp3) is 0.278. The van der Waals surface area contributed by atoms with E-state index in [1.807, 2.05) is 22.6 Å². The second-order valence-electron chi connectivity index (χ2n) is 6.28. The molecule has 0 radical (unpaired) electrons. The van der Waals surface area contributed by atoms with Gasteiger partial charge in [0.05, 0.1) is 24.6 Å². The molecule has 0 saturated heterocycles. The molecule has 0 saturated carbocycles. The Balaban J connectivity index is 2.00. The van der Waals surface area contributed by atoms with Gasteiger partial charge in [-0.2, -0.15) is 0 Å². The van der Waals surface area contributed by atoms with Gasteiger partial charge in [0.25, 0.3) is 0 Å². The molecule has 0 unspecified atom stereocenters. The van der Waals surface area contributed by atoms with Gasteiger partial charge in [0, 0.05) is 20.6 Å². The van der Waals surface area contributed by atoms with E-state index in [4.69, 9.17) is 9.47 Å². The minimum absolute atomic E-state index is 0.0763. The number of ketones is 2. The first kappa shape index (κ1) is 18.3. The van der Waals surface area contributed by atoms with Crippen LogP contribution in [-0.4, -0.2) is 54.1 Å². The normalized spacial score (nSPS) is 20.7. The van der Waals surface area contributed by atoms with Crippen molar-refractivity contribution in [3.63, 3.8) is 0 Å². The van der Waals surface area contributed by atoms with Gasteiger partial charge >= 0.3 is 6.09 Å². The van der Waals surface area contributed by atoms with Crippen LogP contribution in [0.3, 0.4) is 0 Å². The molecule has 1 N–H and O–H groups in total. The summed E-state index contributed by atoms with van der Waals surface area (Å²) >= 11 is 1.84. The topological polar surface area (TPSA) is 93.1 Å². The van der Waals surface area contributed by atoms with Gasteiger partial charge in [0.2, 0.25) is 0 Å². The largest absolute Gasteiger partial charge is 0.464 e. The third kappa shape index (κ3) is 2.89. The summed E-state index contributed by atoms with van der Waals surface area (Å²) in [5, 5.41) is 9.70. The van der Waals surface area contributed by atoms with Crippen molar-refractivity contribution >= 4 is 40.3 Å². The Bertz CT molecular complexity index is 909. The summed E-state index contributed by atoms with van der Waals surface area (Å²) in [5.41, 5.74) is 1.33. The number of Topliss-reactive ketones (excluding diaryl/α,β-unsaturated/α-hetero) is 2. The predicted molar refractivity (Wildman–Crippen MR) is 97.4 cm³/mol. The van der Waals surface area contributed by atoms with Gasteiger partial charge < -0.3 is 14.6 Å². The maximum Gasteiger partial charge on any atom is 0.416 e. The van der Waals surface area contributed by atoms with Crippen molar-refractivity contribution in [3.8, 4) is 0 Å². The summed E-state index contributed by atoms with van der Waals surface area (Å²) in [6.45, 7) is -0.553. The molecule has 3 aliphatic heterocycles. The van der Waals surface area contributed by atoms with E-state index < -0.39 is 29.4 Å². The number of carbonyl (C=O) groups excluding carboxylic acids is 2. The number of carboxylic acid groups (broad SMARTS) is 1. The lowest BCUT2D eigenvalue weighted by molar-refractivity contribution is -0.123. The molecule has 7 nitrogen and oxygen atoms in total. The van der Waals surface area contributed by atoms with E-state index in [0.29, 0.717) is 9.13 Å². The number of amides is 1.